The Hall–Kier alpha value is -0.670. The van der Waals surface area contributed by atoms with Crippen LogP contribution in [0.1, 0.15) is 32.3 Å². The topological polar surface area (TPSA) is 29.3 Å². The van der Waals surface area contributed by atoms with Crippen LogP contribution in [0.2, 0.25) is 0 Å². The normalized spacial score (nSPS) is 27.3. The Balaban J connectivity index is 2.38. The maximum absolute atomic E-state index is 6.23. The molecule has 1 saturated heterocycles. The van der Waals surface area contributed by atoms with Crippen LogP contribution in [0.5, 0.6) is 0 Å². The van der Waals surface area contributed by atoms with Gasteiger partial charge in [0, 0.05) is 24.0 Å². The smallest absolute Gasteiger partial charge is 0.0639 e. The minimum absolute atomic E-state index is 0.117. The van der Waals surface area contributed by atoms with Gasteiger partial charge in [-0.25, -0.2) is 0 Å². The molecule has 0 radical (unpaired) electrons. The molecule has 2 rings (SSSR count). The number of thioether (sulfide) groups is 1. The predicted molar refractivity (Wildman–Crippen MR) is 87.1 cm³/mol. The minimum atomic E-state index is 0.117. The zero-order valence-electron chi connectivity index (χ0n) is 12.4. The van der Waals surface area contributed by atoms with Crippen molar-refractivity contribution >= 4 is 17.4 Å². The lowest BCUT2D eigenvalue weighted by Crippen LogP contribution is -2.61. The van der Waals surface area contributed by atoms with E-state index in [-0.39, 0.29) is 5.54 Å². The molecular weight excluding hydrogens is 252 g/mol. The molecule has 1 aromatic carbocycles. The third-order valence-electron chi connectivity index (χ3n) is 4.40. The molecule has 2 unspecified atom stereocenters. The number of hydrogen-bond acceptors (Lipinski definition) is 3. The van der Waals surface area contributed by atoms with Crippen LogP contribution in [0.3, 0.4) is 0 Å². The van der Waals surface area contributed by atoms with E-state index in [9.17, 15) is 0 Å². The number of nitrogens with zero attached hydrogens (tertiary/aromatic N) is 1. The second-order valence-electron chi connectivity index (χ2n) is 5.51. The van der Waals surface area contributed by atoms with Crippen molar-refractivity contribution in [3.05, 3.63) is 29.8 Å². The van der Waals surface area contributed by atoms with Crippen LogP contribution >= 0.6 is 11.8 Å². The van der Waals surface area contributed by atoms with E-state index in [1.54, 1.807) is 0 Å². The van der Waals surface area contributed by atoms with Gasteiger partial charge in [-0.1, -0.05) is 19.1 Å². The first-order valence-electron chi connectivity index (χ1n) is 7.30. The van der Waals surface area contributed by atoms with Crippen molar-refractivity contribution in [2.45, 2.75) is 44.4 Å². The first-order chi connectivity index (χ1) is 9.14. The van der Waals surface area contributed by atoms with E-state index in [1.807, 2.05) is 0 Å². The molecule has 0 amide bonds. The molecule has 2 N–H and O–H groups in total. The zero-order valence-corrected chi connectivity index (χ0v) is 13.2. The highest BCUT2D eigenvalue weighted by Gasteiger charge is 2.42. The van der Waals surface area contributed by atoms with Crippen LogP contribution < -0.4 is 10.6 Å². The summed E-state index contributed by atoms with van der Waals surface area (Å²) in [6, 6.07) is 8.82. The van der Waals surface area contributed by atoms with Gasteiger partial charge in [0.1, 0.15) is 0 Å². The van der Waals surface area contributed by atoms with Crippen LogP contribution in [0.4, 0.5) is 5.69 Å². The summed E-state index contributed by atoms with van der Waals surface area (Å²) in [6.45, 7) is 8.50. The van der Waals surface area contributed by atoms with Gasteiger partial charge in [0.05, 0.1) is 5.54 Å². The largest absolute Gasteiger partial charge is 0.364 e. The van der Waals surface area contributed by atoms with Gasteiger partial charge in [0.2, 0.25) is 0 Å². The summed E-state index contributed by atoms with van der Waals surface area (Å²) in [4.78, 5) is 2.54. The lowest BCUT2D eigenvalue weighted by molar-refractivity contribution is 0.355. The summed E-state index contributed by atoms with van der Waals surface area (Å²) in [5, 5.41) is 0.590. The monoisotopic (exact) mass is 278 g/mol. The molecule has 19 heavy (non-hydrogen) atoms. The van der Waals surface area contributed by atoms with Crippen molar-refractivity contribution < 1.29 is 0 Å². The Morgan fingerprint density at radius 1 is 1.47 bits per heavy atom. The molecule has 0 bridgehead atoms. The average molecular weight is 278 g/mol. The highest BCUT2D eigenvalue weighted by atomic mass is 32.2. The summed E-state index contributed by atoms with van der Waals surface area (Å²) in [5.41, 5.74) is 8.98. The fourth-order valence-electron chi connectivity index (χ4n) is 3.28. The van der Waals surface area contributed by atoms with Crippen molar-refractivity contribution in [3.8, 4) is 0 Å². The molecule has 106 valence electrons. The first kappa shape index (κ1) is 14.7. The van der Waals surface area contributed by atoms with Gasteiger partial charge >= 0.3 is 0 Å². The van der Waals surface area contributed by atoms with Crippen LogP contribution in [-0.2, 0) is 0 Å². The second-order valence-corrected chi connectivity index (χ2v) is 6.96. The molecule has 1 heterocycles. The first-order valence-corrected chi connectivity index (χ1v) is 8.35. The number of likely N-dealkylation sites (N-methyl/N-ethyl adjacent to an activating group) is 1. The SMILES string of the molecule is CCN(c1cccc(C)c1)C1(CN)CCCSC1C. The number of hydrogen-bond donors (Lipinski definition) is 1. The Kier molecular flexibility index (Phi) is 4.80. The Bertz CT molecular complexity index is 421. The quantitative estimate of drug-likeness (QED) is 0.915. The van der Waals surface area contributed by atoms with Gasteiger partial charge in [0.25, 0.3) is 0 Å². The molecular formula is C16H26N2S. The molecule has 0 spiro atoms. The Morgan fingerprint density at radius 2 is 2.26 bits per heavy atom. The second kappa shape index (κ2) is 6.19. The van der Waals surface area contributed by atoms with Crippen molar-refractivity contribution in [2.75, 3.05) is 23.7 Å². The molecule has 1 aromatic rings. The van der Waals surface area contributed by atoms with Crippen LogP contribution in [0.25, 0.3) is 0 Å². The van der Waals surface area contributed by atoms with Gasteiger partial charge in [-0.15, -0.1) is 0 Å². The van der Waals surface area contributed by atoms with E-state index in [1.165, 1.54) is 29.8 Å². The van der Waals surface area contributed by atoms with E-state index >= 15 is 0 Å². The van der Waals surface area contributed by atoms with E-state index in [2.05, 4.69) is 61.7 Å². The highest BCUT2D eigenvalue weighted by molar-refractivity contribution is 8.00. The molecule has 2 atom stereocenters. The van der Waals surface area contributed by atoms with Gasteiger partial charge in [0.15, 0.2) is 0 Å². The third kappa shape index (κ3) is 2.77. The van der Waals surface area contributed by atoms with Gasteiger partial charge in [-0.3, -0.25) is 0 Å². The molecule has 1 fully saturated rings. The summed E-state index contributed by atoms with van der Waals surface area (Å²) in [6.07, 6.45) is 2.48. The van der Waals surface area contributed by atoms with Crippen molar-refractivity contribution in [1.29, 1.82) is 0 Å². The fraction of sp³-hybridized carbons (Fsp3) is 0.625. The molecule has 3 heteroatoms. The molecule has 0 aliphatic carbocycles. The summed E-state index contributed by atoms with van der Waals surface area (Å²) < 4.78 is 0. The highest BCUT2D eigenvalue weighted by Crippen LogP contribution is 2.40. The molecule has 0 aromatic heterocycles. The fourth-order valence-corrected chi connectivity index (χ4v) is 4.60. The lowest BCUT2D eigenvalue weighted by atomic mass is 9.86. The van der Waals surface area contributed by atoms with Crippen molar-refractivity contribution in [2.24, 2.45) is 5.73 Å². The minimum Gasteiger partial charge on any atom is -0.364 e. The van der Waals surface area contributed by atoms with Crippen LogP contribution in [-0.4, -0.2) is 29.6 Å². The molecule has 0 saturated carbocycles. The molecule has 2 nitrogen and oxygen atoms in total. The van der Waals surface area contributed by atoms with E-state index in [0.29, 0.717) is 5.25 Å². The van der Waals surface area contributed by atoms with Crippen LogP contribution in [0, 0.1) is 6.92 Å². The van der Waals surface area contributed by atoms with Crippen molar-refractivity contribution in [3.63, 3.8) is 0 Å². The summed E-state index contributed by atoms with van der Waals surface area (Å²) in [7, 11) is 0. The average Bonchev–Trinajstić information content (AvgIpc) is 2.42. The van der Waals surface area contributed by atoms with E-state index < -0.39 is 0 Å². The summed E-state index contributed by atoms with van der Waals surface area (Å²) >= 11 is 2.07. The lowest BCUT2D eigenvalue weighted by Gasteiger charge is -2.50. The predicted octanol–water partition coefficient (Wildman–Crippen LogP) is 3.43. The maximum atomic E-state index is 6.23. The number of benzene rings is 1. The zero-order chi connectivity index (χ0) is 13.9. The standard InChI is InChI=1S/C16H26N2S/c1-4-18(15-8-5-7-13(2)11-15)16(12-17)9-6-10-19-14(16)3/h5,7-8,11,14H,4,6,9-10,12,17H2,1-3H3. The van der Waals surface area contributed by atoms with Gasteiger partial charge in [-0.2, -0.15) is 11.8 Å². The Labute approximate surface area is 121 Å². The third-order valence-corrected chi connectivity index (χ3v) is 5.86. The van der Waals surface area contributed by atoms with E-state index in [0.717, 1.165) is 13.1 Å². The van der Waals surface area contributed by atoms with Gasteiger partial charge < -0.3 is 10.6 Å². The van der Waals surface area contributed by atoms with E-state index in [4.69, 9.17) is 5.73 Å². The van der Waals surface area contributed by atoms with Gasteiger partial charge in [-0.05, 0) is 50.1 Å². The number of nitrogens with two attached hydrogens (primary N) is 1. The number of anilines is 1. The maximum Gasteiger partial charge on any atom is 0.0639 e. The van der Waals surface area contributed by atoms with Crippen LogP contribution in [0.15, 0.2) is 24.3 Å². The van der Waals surface area contributed by atoms with Crippen molar-refractivity contribution in [1.82, 2.24) is 0 Å². The summed E-state index contributed by atoms with van der Waals surface area (Å²) in [5.74, 6) is 1.27. The Morgan fingerprint density at radius 3 is 2.84 bits per heavy atom. The molecule has 1 aliphatic heterocycles. The number of aryl methyl sites for hydroxylation is 1. The molecule has 1 aliphatic rings. The number of rotatable bonds is 4.